The molecule has 148 valence electrons. The maximum atomic E-state index is 11.9. The normalized spacial score (nSPS) is 11.5. The minimum absolute atomic E-state index is 0.00385. The predicted molar refractivity (Wildman–Crippen MR) is 112 cm³/mol. The first-order valence-corrected chi connectivity index (χ1v) is 9.43. The number of hydrogen-bond acceptors (Lipinski definition) is 5. The summed E-state index contributed by atoms with van der Waals surface area (Å²) in [7, 11) is 0. The van der Waals surface area contributed by atoms with Gasteiger partial charge < -0.3 is 4.74 Å². The number of carbonyl (C=O) groups is 1. The molecule has 0 aliphatic heterocycles. The first kappa shape index (κ1) is 21.8. The Hall–Kier alpha value is -2.45. The van der Waals surface area contributed by atoms with Crippen LogP contribution in [-0.2, 0) is 10.2 Å². The van der Waals surface area contributed by atoms with E-state index >= 15 is 0 Å². The molecule has 0 saturated heterocycles. The fourth-order valence-electron chi connectivity index (χ4n) is 2.19. The van der Waals surface area contributed by atoms with Gasteiger partial charge in [0, 0.05) is 11.6 Å². The van der Waals surface area contributed by atoms with Crippen molar-refractivity contribution in [2.75, 3.05) is 6.61 Å². The second-order valence-electron chi connectivity index (χ2n) is 6.95. The molecular weight excluding hydrogens is 450 g/mol. The number of hydrogen-bond donors (Lipinski definition) is 1. The topological polar surface area (TPSA) is 93.8 Å². The molecule has 0 radical (unpaired) electrons. The maximum absolute atomic E-state index is 11.9. The van der Waals surface area contributed by atoms with Crippen molar-refractivity contribution in [3.8, 4) is 5.75 Å². The van der Waals surface area contributed by atoms with Gasteiger partial charge in [-0.1, -0.05) is 44.5 Å². The lowest BCUT2D eigenvalue weighted by molar-refractivity contribution is -0.384. The molecule has 0 saturated carbocycles. The van der Waals surface area contributed by atoms with Crippen LogP contribution in [0.4, 0.5) is 5.69 Å². The van der Waals surface area contributed by atoms with Gasteiger partial charge in [0.1, 0.15) is 10.8 Å². The van der Waals surface area contributed by atoms with E-state index in [-0.39, 0.29) is 22.7 Å². The quantitative estimate of drug-likeness (QED) is 0.373. The molecule has 0 fully saturated rings. The molecule has 28 heavy (non-hydrogen) atoms. The van der Waals surface area contributed by atoms with Crippen molar-refractivity contribution in [3.05, 3.63) is 67.1 Å². The maximum Gasteiger partial charge on any atom is 0.288 e. The highest BCUT2D eigenvalue weighted by Crippen LogP contribution is 2.31. The van der Waals surface area contributed by atoms with E-state index in [1.54, 1.807) is 12.1 Å². The number of hydrazone groups is 1. The molecular formula is C19H19BrClN3O4. The molecule has 2 rings (SSSR count). The van der Waals surface area contributed by atoms with Gasteiger partial charge in [-0.25, -0.2) is 5.43 Å². The van der Waals surface area contributed by atoms with Crippen molar-refractivity contribution in [3.63, 3.8) is 0 Å². The highest BCUT2D eigenvalue weighted by molar-refractivity contribution is 9.10. The summed E-state index contributed by atoms with van der Waals surface area (Å²) >= 11 is 9.19. The monoisotopic (exact) mass is 467 g/mol. The van der Waals surface area contributed by atoms with Crippen LogP contribution in [0.5, 0.6) is 5.75 Å². The lowest BCUT2D eigenvalue weighted by atomic mass is 9.87. The van der Waals surface area contributed by atoms with Crippen molar-refractivity contribution in [1.29, 1.82) is 0 Å². The van der Waals surface area contributed by atoms with E-state index in [0.717, 1.165) is 10.0 Å². The SMILES string of the molecule is CC(C)(C)c1ccc(OCC(=O)N/N=C/c2ccc(Cl)c([N+](=O)[O-])c2)c(Br)c1. The second-order valence-corrected chi connectivity index (χ2v) is 8.21. The second kappa shape index (κ2) is 9.16. The number of nitrogens with one attached hydrogen (secondary N) is 1. The Bertz CT molecular complexity index is 926. The van der Waals surface area contributed by atoms with Crippen LogP contribution in [0.25, 0.3) is 0 Å². The molecule has 1 amide bonds. The highest BCUT2D eigenvalue weighted by atomic mass is 79.9. The highest BCUT2D eigenvalue weighted by Gasteiger charge is 2.16. The Kier molecular flexibility index (Phi) is 7.15. The average Bonchev–Trinajstić information content (AvgIpc) is 2.61. The van der Waals surface area contributed by atoms with Gasteiger partial charge in [0.25, 0.3) is 11.6 Å². The Morgan fingerprint density at radius 3 is 2.64 bits per heavy atom. The lowest BCUT2D eigenvalue weighted by Gasteiger charge is -2.20. The third-order valence-corrected chi connectivity index (χ3v) is 4.67. The van der Waals surface area contributed by atoms with E-state index < -0.39 is 10.8 Å². The summed E-state index contributed by atoms with van der Waals surface area (Å²) in [5, 5.41) is 14.7. The average molecular weight is 469 g/mol. The molecule has 0 spiro atoms. The zero-order valence-electron chi connectivity index (χ0n) is 15.5. The van der Waals surface area contributed by atoms with Gasteiger partial charge in [-0.3, -0.25) is 14.9 Å². The van der Waals surface area contributed by atoms with Crippen molar-refractivity contribution in [2.45, 2.75) is 26.2 Å². The van der Waals surface area contributed by atoms with Crippen molar-refractivity contribution < 1.29 is 14.5 Å². The van der Waals surface area contributed by atoms with Gasteiger partial charge in [0.15, 0.2) is 6.61 Å². The Labute approximate surface area is 176 Å². The number of nitrogens with zero attached hydrogens (tertiary/aromatic N) is 2. The minimum Gasteiger partial charge on any atom is -0.483 e. The standard InChI is InChI=1S/C19H19BrClN3O4/c1-19(2,3)13-5-7-17(14(20)9-13)28-11-18(25)23-22-10-12-4-6-15(21)16(8-12)24(26)27/h4-10H,11H2,1-3H3,(H,23,25)/b22-10+. The van der Waals surface area contributed by atoms with Gasteiger partial charge in [-0.15, -0.1) is 0 Å². The summed E-state index contributed by atoms with van der Waals surface area (Å²) in [6, 6.07) is 9.92. The van der Waals surface area contributed by atoms with E-state index in [1.807, 2.05) is 12.1 Å². The summed E-state index contributed by atoms with van der Waals surface area (Å²) in [5.74, 6) is 0.0759. The van der Waals surface area contributed by atoms with Gasteiger partial charge in [-0.05, 0) is 45.1 Å². The first-order valence-electron chi connectivity index (χ1n) is 8.26. The molecule has 7 nitrogen and oxygen atoms in total. The zero-order valence-corrected chi connectivity index (χ0v) is 17.9. The number of nitro groups is 1. The van der Waals surface area contributed by atoms with Gasteiger partial charge >= 0.3 is 0 Å². The van der Waals surface area contributed by atoms with Crippen LogP contribution < -0.4 is 10.2 Å². The molecule has 0 aliphatic rings. The molecule has 0 unspecified atom stereocenters. The van der Waals surface area contributed by atoms with Gasteiger partial charge in [-0.2, -0.15) is 5.10 Å². The number of nitro benzene ring substituents is 1. The van der Waals surface area contributed by atoms with Crippen molar-refractivity contribution >= 4 is 45.3 Å². The number of amides is 1. The van der Waals surface area contributed by atoms with E-state index in [1.165, 1.54) is 18.3 Å². The van der Waals surface area contributed by atoms with Crippen LogP contribution in [0, 0.1) is 10.1 Å². The van der Waals surface area contributed by atoms with E-state index in [2.05, 4.69) is 47.2 Å². The molecule has 1 N–H and O–H groups in total. The van der Waals surface area contributed by atoms with Crippen molar-refractivity contribution in [1.82, 2.24) is 5.43 Å². The Balaban J connectivity index is 1.92. The minimum atomic E-state index is -0.588. The fraction of sp³-hybridized carbons (Fsp3) is 0.263. The van der Waals surface area contributed by atoms with Crippen LogP contribution in [-0.4, -0.2) is 23.7 Å². The van der Waals surface area contributed by atoms with Crippen LogP contribution in [0.15, 0.2) is 46.0 Å². The summed E-state index contributed by atoms with van der Waals surface area (Å²) in [6.45, 7) is 6.09. The summed E-state index contributed by atoms with van der Waals surface area (Å²) < 4.78 is 6.25. The molecule has 0 atom stereocenters. The number of ether oxygens (including phenoxy) is 1. The predicted octanol–water partition coefficient (Wildman–Crippen LogP) is 4.84. The third-order valence-electron chi connectivity index (χ3n) is 3.73. The Morgan fingerprint density at radius 1 is 1.32 bits per heavy atom. The van der Waals surface area contributed by atoms with Crippen LogP contribution >= 0.6 is 27.5 Å². The van der Waals surface area contributed by atoms with E-state index in [4.69, 9.17) is 16.3 Å². The summed E-state index contributed by atoms with van der Waals surface area (Å²) in [6.07, 6.45) is 1.29. The molecule has 9 heteroatoms. The van der Waals surface area contributed by atoms with Crippen LogP contribution in [0.2, 0.25) is 5.02 Å². The molecule has 2 aromatic carbocycles. The fourth-order valence-corrected chi connectivity index (χ4v) is 2.87. The molecule has 0 aromatic heterocycles. The number of halogens is 2. The lowest BCUT2D eigenvalue weighted by Crippen LogP contribution is -2.24. The van der Waals surface area contributed by atoms with E-state index in [9.17, 15) is 14.9 Å². The third kappa shape index (κ3) is 6.03. The number of rotatable bonds is 6. The van der Waals surface area contributed by atoms with Crippen LogP contribution in [0.1, 0.15) is 31.9 Å². The molecule has 0 aliphatic carbocycles. The Morgan fingerprint density at radius 2 is 2.04 bits per heavy atom. The molecule has 0 bridgehead atoms. The van der Waals surface area contributed by atoms with Crippen LogP contribution in [0.3, 0.4) is 0 Å². The molecule has 2 aromatic rings. The first-order chi connectivity index (χ1) is 13.1. The van der Waals surface area contributed by atoms with E-state index in [0.29, 0.717) is 11.3 Å². The van der Waals surface area contributed by atoms with Gasteiger partial charge in [0.05, 0.1) is 15.6 Å². The smallest absolute Gasteiger partial charge is 0.288 e. The number of carbonyl (C=O) groups excluding carboxylic acids is 1. The molecule has 0 heterocycles. The summed E-state index contributed by atoms with van der Waals surface area (Å²) in [4.78, 5) is 22.2. The van der Waals surface area contributed by atoms with Gasteiger partial charge in [0.2, 0.25) is 0 Å². The summed E-state index contributed by atoms with van der Waals surface area (Å²) in [5.41, 5.74) is 3.64. The van der Waals surface area contributed by atoms with Crippen molar-refractivity contribution in [2.24, 2.45) is 5.10 Å². The largest absolute Gasteiger partial charge is 0.483 e. The number of benzene rings is 2. The zero-order chi connectivity index (χ0) is 20.9.